The van der Waals surface area contributed by atoms with Gasteiger partial charge in [0.25, 0.3) is 5.91 Å². The number of likely N-dealkylation sites (tertiary alicyclic amines) is 1. The lowest BCUT2D eigenvalue weighted by Crippen LogP contribution is -2.60. The molecule has 3 N–H and O–H groups in total. The van der Waals surface area contributed by atoms with Crippen LogP contribution in [-0.2, 0) is 19.1 Å². The number of nitrogens with zero attached hydrogens (tertiary/aromatic N) is 1. The number of Topliss-reactive ketones (excluding diaryl/α,β-unsaturated/α-hetero) is 1. The van der Waals surface area contributed by atoms with E-state index in [0.717, 1.165) is 17.3 Å². The van der Waals surface area contributed by atoms with E-state index >= 15 is 0 Å². The molecule has 0 spiro atoms. The van der Waals surface area contributed by atoms with E-state index < -0.39 is 48.2 Å². The third kappa shape index (κ3) is 6.71. The van der Waals surface area contributed by atoms with Gasteiger partial charge in [-0.25, -0.2) is 4.79 Å². The number of ketones is 1. The number of rotatable bonds is 10. The molecular formula is C32H36N4O7. The van der Waals surface area contributed by atoms with Gasteiger partial charge < -0.3 is 30.0 Å². The fourth-order valence-electron chi connectivity index (χ4n) is 5.92. The van der Waals surface area contributed by atoms with Crippen molar-refractivity contribution in [2.45, 2.75) is 44.7 Å². The number of hydrogen-bond donors (Lipinski definition) is 3. The van der Waals surface area contributed by atoms with Gasteiger partial charge in [-0.3, -0.25) is 19.2 Å². The van der Waals surface area contributed by atoms with E-state index in [1.165, 1.54) is 4.90 Å². The smallest absolute Gasteiger partial charge is 0.338 e. The van der Waals surface area contributed by atoms with Gasteiger partial charge in [-0.2, -0.15) is 0 Å². The standard InChI is InChI=1S/C32H36N4O7/c1-19-14-25(35-30(39)24-16-22-23(34-24)11-6-12-28(22)42-2)31(40)36(17-19)26(15-21-10-7-13-33-29(21)38)27(37)18-43-32(41)20-8-4-3-5-9-20/h3-6,8-9,11-12,16,19,21,25-26,34H,7,10,13-15,17-18H2,1-2H3,(H,33,38)(H,35,39)/t19?,21-,25-,26-/m0/s1. The number of ether oxygens (including phenoxy) is 2. The molecule has 4 atom stereocenters. The molecule has 0 radical (unpaired) electrons. The molecule has 11 heteroatoms. The van der Waals surface area contributed by atoms with Gasteiger partial charge in [0.1, 0.15) is 17.5 Å². The number of H-pyrrole nitrogens is 1. The van der Waals surface area contributed by atoms with Crippen molar-refractivity contribution >= 4 is 40.4 Å². The van der Waals surface area contributed by atoms with E-state index in [9.17, 15) is 24.0 Å². The van der Waals surface area contributed by atoms with E-state index in [-0.39, 0.29) is 30.5 Å². The Morgan fingerprint density at radius 2 is 1.88 bits per heavy atom. The van der Waals surface area contributed by atoms with Crippen molar-refractivity contribution in [3.05, 3.63) is 65.9 Å². The van der Waals surface area contributed by atoms with Crippen molar-refractivity contribution in [1.82, 2.24) is 20.5 Å². The highest BCUT2D eigenvalue weighted by atomic mass is 16.5. The Hall–Kier alpha value is -4.67. The SMILES string of the molecule is COc1cccc2[nH]c(C(=O)N[C@H]3CC(C)CN([C@@H](C[C@@H]4CCCNC4=O)C(=O)COC(=O)c4ccccc4)C3=O)cc12. The first-order valence-corrected chi connectivity index (χ1v) is 14.5. The second kappa shape index (κ2) is 13.1. The number of piperidine rings is 2. The van der Waals surface area contributed by atoms with Crippen LogP contribution in [0.2, 0.25) is 0 Å². The summed E-state index contributed by atoms with van der Waals surface area (Å²) >= 11 is 0. The van der Waals surface area contributed by atoms with Crippen LogP contribution in [0.3, 0.4) is 0 Å². The highest BCUT2D eigenvalue weighted by molar-refractivity contribution is 6.02. The molecule has 0 aliphatic carbocycles. The van der Waals surface area contributed by atoms with E-state index in [2.05, 4.69) is 15.6 Å². The van der Waals surface area contributed by atoms with E-state index in [0.29, 0.717) is 30.7 Å². The van der Waals surface area contributed by atoms with Crippen molar-refractivity contribution in [2.24, 2.45) is 11.8 Å². The number of aromatic nitrogens is 1. The van der Waals surface area contributed by atoms with Crippen LogP contribution in [-0.4, -0.2) is 78.2 Å². The van der Waals surface area contributed by atoms with Crippen molar-refractivity contribution < 1.29 is 33.4 Å². The minimum atomic E-state index is -0.996. The molecule has 0 bridgehead atoms. The van der Waals surface area contributed by atoms with E-state index in [1.54, 1.807) is 49.6 Å². The number of carbonyl (C=O) groups excluding carboxylic acids is 5. The van der Waals surface area contributed by atoms with Crippen molar-refractivity contribution in [3.8, 4) is 5.75 Å². The average molecular weight is 589 g/mol. The lowest BCUT2D eigenvalue weighted by Gasteiger charge is -2.41. The Morgan fingerprint density at radius 1 is 1.09 bits per heavy atom. The summed E-state index contributed by atoms with van der Waals surface area (Å²) in [6, 6.07) is 13.5. The van der Waals surface area contributed by atoms with E-state index in [4.69, 9.17) is 9.47 Å². The summed E-state index contributed by atoms with van der Waals surface area (Å²) in [6.45, 7) is 2.23. The molecule has 2 saturated heterocycles. The topological polar surface area (TPSA) is 147 Å². The summed E-state index contributed by atoms with van der Waals surface area (Å²) in [4.78, 5) is 70.5. The Bertz CT molecular complexity index is 1520. The molecule has 3 aromatic rings. The first-order valence-electron chi connectivity index (χ1n) is 14.5. The maximum atomic E-state index is 13.9. The predicted molar refractivity (Wildman–Crippen MR) is 157 cm³/mol. The van der Waals surface area contributed by atoms with Crippen LogP contribution in [0.25, 0.3) is 10.9 Å². The first-order chi connectivity index (χ1) is 20.7. The third-order valence-electron chi connectivity index (χ3n) is 8.13. The Morgan fingerprint density at radius 3 is 2.63 bits per heavy atom. The zero-order valence-corrected chi connectivity index (χ0v) is 24.3. The molecule has 11 nitrogen and oxygen atoms in total. The predicted octanol–water partition coefficient (Wildman–Crippen LogP) is 2.85. The first kappa shape index (κ1) is 29.8. The average Bonchev–Trinajstić information content (AvgIpc) is 3.46. The maximum absolute atomic E-state index is 13.9. The monoisotopic (exact) mass is 588 g/mol. The number of benzene rings is 2. The quantitative estimate of drug-likeness (QED) is 0.309. The molecule has 43 heavy (non-hydrogen) atoms. The van der Waals surface area contributed by atoms with Gasteiger partial charge in [0, 0.05) is 29.9 Å². The summed E-state index contributed by atoms with van der Waals surface area (Å²) in [5.41, 5.74) is 1.30. The summed E-state index contributed by atoms with van der Waals surface area (Å²) in [6.07, 6.45) is 1.84. The number of carbonyl (C=O) groups is 5. The van der Waals surface area contributed by atoms with Crippen LogP contribution >= 0.6 is 0 Å². The number of nitrogens with one attached hydrogen (secondary N) is 3. The molecule has 3 heterocycles. The van der Waals surface area contributed by atoms with Crippen molar-refractivity contribution in [2.75, 3.05) is 26.8 Å². The molecule has 5 rings (SSSR count). The lowest BCUT2D eigenvalue weighted by atomic mass is 9.86. The number of aromatic amines is 1. The highest BCUT2D eigenvalue weighted by Gasteiger charge is 2.42. The van der Waals surface area contributed by atoms with Crippen LogP contribution in [0, 0.1) is 11.8 Å². The number of hydrogen-bond acceptors (Lipinski definition) is 7. The van der Waals surface area contributed by atoms with Gasteiger partial charge in [0.15, 0.2) is 12.4 Å². The minimum absolute atomic E-state index is 0.0480. The zero-order valence-electron chi connectivity index (χ0n) is 24.3. The fourth-order valence-corrected chi connectivity index (χ4v) is 5.92. The van der Waals surface area contributed by atoms with Gasteiger partial charge in [0.2, 0.25) is 11.8 Å². The van der Waals surface area contributed by atoms with Gasteiger partial charge in [-0.05, 0) is 61.9 Å². The van der Waals surface area contributed by atoms with Crippen molar-refractivity contribution in [3.63, 3.8) is 0 Å². The second-order valence-electron chi connectivity index (χ2n) is 11.3. The Labute approximate surface area is 249 Å². The van der Waals surface area contributed by atoms with Crippen LogP contribution in [0.15, 0.2) is 54.6 Å². The molecule has 2 fully saturated rings. The summed E-state index contributed by atoms with van der Waals surface area (Å²) in [7, 11) is 1.55. The van der Waals surface area contributed by atoms with Gasteiger partial charge in [-0.1, -0.05) is 31.2 Å². The Kier molecular flexibility index (Phi) is 9.08. The Balaban J connectivity index is 1.34. The second-order valence-corrected chi connectivity index (χ2v) is 11.3. The van der Waals surface area contributed by atoms with Gasteiger partial charge >= 0.3 is 5.97 Å². The number of esters is 1. The summed E-state index contributed by atoms with van der Waals surface area (Å²) in [5, 5.41) is 6.42. The van der Waals surface area contributed by atoms with Crippen LogP contribution in [0.5, 0.6) is 5.75 Å². The maximum Gasteiger partial charge on any atom is 0.338 e. The lowest BCUT2D eigenvalue weighted by molar-refractivity contribution is -0.147. The molecule has 1 aromatic heterocycles. The summed E-state index contributed by atoms with van der Waals surface area (Å²) in [5.74, 6) is -2.06. The minimum Gasteiger partial charge on any atom is -0.496 e. The number of fused-ring (bicyclic) bond motifs is 1. The molecule has 2 aliphatic heterocycles. The number of methoxy groups -OCH3 is 1. The van der Waals surface area contributed by atoms with Crippen LogP contribution < -0.4 is 15.4 Å². The fraction of sp³-hybridized carbons (Fsp3) is 0.406. The normalized spacial score (nSPS) is 21.2. The number of amides is 3. The van der Waals surface area contributed by atoms with Gasteiger partial charge in [0.05, 0.1) is 18.7 Å². The zero-order chi connectivity index (χ0) is 30.5. The molecule has 2 aliphatic rings. The van der Waals surface area contributed by atoms with E-state index in [1.807, 2.05) is 19.1 Å². The van der Waals surface area contributed by atoms with Crippen LogP contribution in [0.1, 0.15) is 53.5 Å². The van der Waals surface area contributed by atoms with Crippen molar-refractivity contribution in [1.29, 1.82) is 0 Å². The highest BCUT2D eigenvalue weighted by Crippen LogP contribution is 2.28. The van der Waals surface area contributed by atoms with Crippen LogP contribution in [0.4, 0.5) is 0 Å². The molecule has 1 unspecified atom stereocenters. The molecule has 0 saturated carbocycles. The van der Waals surface area contributed by atoms with Gasteiger partial charge in [-0.15, -0.1) is 0 Å². The third-order valence-corrected chi connectivity index (χ3v) is 8.13. The molecule has 226 valence electrons. The largest absolute Gasteiger partial charge is 0.496 e. The molecule has 3 amide bonds. The summed E-state index contributed by atoms with van der Waals surface area (Å²) < 4.78 is 10.7. The molecular weight excluding hydrogens is 552 g/mol. The molecule has 2 aromatic carbocycles.